The molecule has 0 aliphatic carbocycles. The molecule has 0 unspecified atom stereocenters. The van der Waals surface area contributed by atoms with Crippen LogP contribution in [0.25, 0.3) is 0 Å². The second-order valence-electron chi connectivity index (χ2n) is 8.73. The largest absolute Gasteiger partial charge is 0.336 e. The number of rotatable bonds is 2. The van der Waals surface area contributed by atoms with E-state index in [0.29, 0.717) is 0 Å². The molecule has 2 atom stereocenters. The van der Waals surface area contributed by atoms with Crippen molar-refractivity contribution in [2.75, 3.05) is 0 Å². The maximum absolute atomic E-state index is 4.24. The Bertz CT molecular complexity index is 693. The first kappa shape index (κ1) is 19.9. The van der Waals surface area contributed by atoms with Gasteiger partial charge in [-0.2, -0.15) is 0 Å². The first-order valence-corrected chi connectivity index (χ1v) is 20.3. The molecular weight excluding hydrogens is 385 g/mol. The van der Waals surface area contributed by atoms with E-state index in [9.17, 15) is 0 Å². The molecule has 4 N–H and O–H groups in total. The summed E-state index contributed by atoms with van der Waals surface area (Å²) in [6.07, 6.45) is 0. The van der Waals surface area contributed by atoms with Crippen LogP contribution < -0.4 is 29.0 Å². The standard InChI is InChI=1S/C18H32N4Si4/c1-23(2)19-24(3,4)21-26(6,18-15-11-8-12-16-18)22-25(5,20-23)17-13-9-7-10-14-17/h7-16,19-22H,1-6H3/t25-,26+. The molecule has 2 aromatic carbocycles. The van der Waals surface area contributed by atoms with Crippen molar-refractivity contribution in [2.24, 2.45) is 0 Å². The lowest BCUT2D eigenvalue weighted by Gasteiger charge is -2.51. The van der Waals surface area contributed by atoms with Crippen LogP contribution in [-0.4, -0.2) is 33.6 Å². The van der Waals surface area contributed by atoms with Crippen molar-refractivity contribution in [2.45, 2.75) is 39.3 Å². The first-order chi connectivity index (χ1) is 12.0. The van der Waals surface area contributed by atoms with Gasteiger partial charge in [-0.05, 0) is 49.7 Å². The topological polar surface area (TPSA) is 48.1 Å². The highest BCUT2D eigenvalue weighted by molar-refractivity contribution is 7.11. The van der Waals surface area contributed by atoms with Crippen LogP contribution in [-0.2, 0) is 0 Å². The molecule has 0 bridgehead atoms. The van der Waals surface area contributed by atoms with Gasteiger partial charge in [-0.1, -0.05) is 60.7 Å². The highest BCUT2D eigenvalue weighted by atomic mass is 28.5. The normalized spacial score (nSPS) is 31.0. The van der Waals surface area contributed by atoms with Gasteiger partial charge in [0.05, 0.1) is 0 Å². The number of nitrogens with one attached hydrogen (secondary N) is 4. The third kappa shape index (κ3) is 4.34. The number of hydrogen-bond donors (Lipinski definition) is 4. The lowest BCUT2D eigenvalue weighted by atomic mass is 10.4. The van der Waals surface area contributed by atoms with Crippen LogP contribution in [0.2, 0.25) is 39.3 Å². The van der Waals surface area contributed by atoms with E-state index < -0.39 is 33.6 Å². The van der Waals surface area contributed by atoms with Crippen LogP contribution in [0.15, 0.2) is 60.7 Å². The quantitative estimate of drug-likeness (QED) is 0.563. The van der Waals surface area contributed by atoms with E-state index in [-0.39, 0.29) is 0 Å². The third-order valence-electron chi connectivity index (χ3n) is 4.95. The molecule has 140 valence electrons. The monoisotopic (exact) mass is 416 g/mol. The Labute approximate surface area is 162 Å². The lowest BCUT2D eigenvalue weighted by Crippen LogP contribution is -2.93. The fourth-order valence-electron chi connectivity index (χ4n) is 4.49. The van der Waals surface area contributed by atoms with Crippen molar-refractivity contribution in [1.82, 2.24) is 18.6 Å². The minimum absolute atomic E-state index is 1.42. The van der Waals surface area contributed by atoms with Gasteiger partial charge in [-0.3, -0.25) is 0 Å². The minimum Gasteiger partial charge on any atom is -0.336 e. The van der Waals surface area contributed by atoms with Gasteiger partial charge in [0.1, 0.15) is 0 Å². The molecule has 0 spiro atoms. The summed E-state index contributed by atoms with van der Waals surface area (Å²) in [6, 6.07) is 22.0. The lowest BCUT2D eigenvalue weighted by molar-refractivity contribution is 1.06. The Morgan fingerprint density at radius 1 is 0.462 bits per heavy atom. The molecule has 0 radical (unpaired) electrons. The van der Waals surface area contributed by atoms with Gasteiger partial charge in [0.2, 0.25) is 16.8 Å². The molecule has 1 saturated heterocycles. The van der Waals surface area contributed by atoms with E-state index in [4.69, 9.17) is 0 Å². The Hall–Kier alpha value is -0.852. The van der Waals surface area contributed by atoms with Crippen molar-refractivity contribution < 1.29 is 0 Å². The Morgan fingerprint density at radius 2 is 0.808 bits per heavy atom. The predicted octanol–water partition coefficient (Wildman–Crippen LogP) is 1.72. The average Bonchev–Trinajstić information content (AvgIpc) is 2.53. The molecule has 26 heavy (non-hydrogen) atoms. The molecule has 8 heteroatoms. The van der Waals surface area contributed by atoms with Crippen LogP contribution in [0.3, 0.4) is 0 Å². The Kier molecular flexibility index (Phi) is 5.32. The predicted molar refractivity (Wildman–Crippen MR) is 123 cm³/mol. The van der Waals surface area contributed by atoms with E-state index in [2.05, 4.69) is 119 Å². The van der Waals surface area contributed by atoms with Gasteiger partial charge in [0.25, 0.3) is 0 Å². The third-order valence-corrected chi connectivity index (χ3v) is 25.9. The minimum atomic E-state index is -2.09. The molecule has 1 fully saturated rings. The molecule has 1 aliphatic rings. The molecule has 0 saturated carbocycles. The molecule has 0 amide bonds. The molecule has 2 aromatic rings. The van der Waals surface area contributed by atoms with Gasteiger partial charge in [0, 0.05) is 0 Å². The summed E-state index contributed by atoms with van der Waals surface area (Å²) in [5.74, 6) is 0. The van der Waals surface area contributed by atoms with Crippen molar-refractivity contribution in [3.8, 4) is 0 Å². The molecule has 3 rings (SSSR count). The van der Waals surface area contributed by atoms with E-state index >= 15 is 0 Å². The maximum atomic E-state index is 4.24. The highest BCUT2D eigenvalue weighted by Crippen LogP contribution is 2.13. The van der Waals surface area contributed by atoms with E-state index in [1.54, 1.807) is 0 Å². The average molecular weight is 417 g/mol. The van der Waals surface area contributed by atoms with Gasteiger partial charge >= 0.3 is 0 Å². The molecule has 1 heterocycles. The van der Waals surface area contributed by atoms with Gasteiger partial charge in [-0.15, -0.1) is 0 Å². The zero-order valence-corrected chi connectivity index (χ0v) is 20.8. The summed E-state index contributed by atoms with van der Waals surface area (Å²) in [6.45, 7) is 14.4. The summed E-state index contributed by atoms with van der Waals surface area (Å²) in [5, 5.41) is 2.83. The summed E-state index contributed by atoms with van der Waals surface area (Å²) in [7, 11) is -7.72. The highest BCUT2D eigenvalue weighted by Gasteiger charge is 2.50. The number of benzene rings is 2. The van der Waals surface area contributed by atoms with E-state index in [1.807, 2.05) is 0 Å². The molecule has 4 nitrogen and oxygen atoms in total. The van der Waals surface area contributed by atoms with E-state index in [0.717, 1.165) is 0 Å². The fourth-order valence-corrected chi connectivity index (χ4v) is 32.0. The maximum Gasteiger partial charge on any atom is 0.220 e. The smallest absolute Gasteiger partial charge is 0.220 e. The molecular formula is C18H32N4Si4. The second-order valence-corrected chi connectivity index (χ2v) is 24.9. The zero-order chi connectivity index (χ0) is 19.1. The summed E-state index contributed by atoms with van der Waals surface area (Å²) >= 11 is 0. The number of hydrogen-bond acceptors (Lipinski definition) is 4. The van der Waals surface area contributed by atoms with Crippen molar-refractivity contribution in [1.29, 1.82) is 0 Å². The van der Waals surface area contributed by atoms with Crippen molar-refractivity contribution >= 4 is 44.0 Å². The van der Waals surface area contributed by atoms with Crippen LogP contribution >= 0.6 is 0 Å². The van der Waals surface area contributed by atoms with Crippen LogP contribution in [0, 0.1) is 0 Å². The van der Waals surface area contributed by atoms with Gasteiger partial charge in [-0.25, -0.2) is 0 Å². The van der Waals surface area contributed by atoms with Crippen molar-refractivity contribution in [3.05, 3.63) is 60.7 Å². The Balaban J connectivity index is 2.11. The zero-order valence-electron chi connectivity index (χ0n) is 16.8. The van der Waals surface area contributed by atoms with Crippen LogP contribution in [0.4, 0.5) is 0 Å². The molecule has 0 aromatic heterocycles. The van der Waals surface area contributed by atoms with Crippen LogP contribution in [0.5, 0.6) is 0 Å². The van der Waals surface area contributed by atoms with Gasteiger partial charge in [0.15, 0.2) is 16.8 Å². The van der Waals surface area contributed by atoms with E-state index in [1.165, 1.54) is 10.4 Å². The Morgan fingerprint density at radius 3 is 1.15 bits per heavy atom. The van der Waals surface area contributed by atoms with Crippen molar-refractivity contribution in [3.63, 3.8) is 0 Å². The van der Waals surface area contributed by atoms with Crippen LogP contribution in [0.1, 0.15) is 0 Å². The SMILES string of the molecule is C[Si]1(C)N[Si](C)(C)N[Si@@](C)(c2ccccc2)N[Si@@](C)(c2ccccc2)N1. The summed E-state index contributed by atoms with van der Waals surface area (Å²) in [5.41, 5.74) is 0. The first-order valence-electron chi connectivity index (χ1n) is 9.32. The summed E-state index contributed by atoms with van der Waals surface area (Å²) < 4.78 is 16.6. The second kappa shape index (κ2) is 6.95. The summed E-state index contributed by atoms with van der Waals surface area (Å²) in [4.78, 5) is 0. The fraction of sp³-hybridized carbons (Fsp3) is 0.333. The molecule has 1 aliphatic heterocycles. The van der Waals surface area contributed by atoms with Gasteiger partial charge < -0.3 is 18.6 Å².